The predicted octanol–water partition coefficient (Wildman–Crippen LogP) is 2.62. The van der Waals surface area contributed by atoms with Gasteiger partial charge in [0, 0.05) is 12.2 Å². The molecular formula is C20H24N2O5. The molecule has 0 spiro atoms. The summed E-state index contributed by atoms with van der Waals surface area (Å²) in [5.74, 6) is 1.38. The highest BCUT2D eigenvalue weighted by molar-refractivity contribution is 5.94. The Labute approximate surface area is 158 Å². The van der Waals surface area contributed by atoms with Gasteiger partial charge in [0.1, 0.15) is 17.2 Å². The highest BCUT2D eigenvalue weighted by atomic mass is 16.5. The molecule has 2 rings (SSSR count). The van der Waals surface area contributed by atoms with Gasteiger partial charge in [-0.05, 0) is 62.4 Å². The lowest BCUT2D eigenvalue weighted by atomic mass is 10.2. The lowest BCUT2D eigenvalue weighted by molar-refractivity contribution is -0.123. The van der Waals surface area contributed by atoms with Crippen molar-refractivity contribution in [3.8, 4) is 17.2 Å². The Hall–Kier alpha value is -3.22. The van der Waals surface area contributed by atoms with Crippen LogP contribution in [0.15, 0.2) is 48.5 Å². The summed E-state index contributed by atoms with van der Waals surface area (Å²) in [7, 11) is 1.59. The molecule has 0 radical (unpaired) electrons. The Bertz CT molecular complexity index is 744. The molecule has 2 aromatic carbocycles. The first-order valence-electron chi connectivity index (χ1n) is 8.63. The molecule has 0 aromatic heterocycles. The number of benzene rings is 2. The normalized spacial score (nSPS) is 11.2. The van der Waals surface area contributed by atoms with Crippen LogP contribution in [0.2, 0.25) is 0 Å². The largest absolute Gasteiger partial charge is 0.497 e. The lowest BCUT2D eigenvalue weighted by Crippen LogP contribution is -2.30. The maximum Gasteiger partial charge on any atom is 0.265 e. The molecule has 2 aromatic rings. The van der Waals surface area contributed by atoms with Crippen LogP contribution in [0.5, 0.6) is 17.2 Å². The van der Waals surface area contributed by atoms with Crippen molar-refractivity contribution in [2.75, 3.05) is 25.6 Å². The molecule has 1 atom stereocenters. The van der Waals surface area contributed by atoms with E-state index in [1.807, 2.05) is 6.92 Å². The Kier molecular flexibility index (Phi) is 7.49. The average molecular weight is 372 g/mol. The van der Waals surface area contributed by atoms with Gasteiger partial charge in [-0.1, -0.05) is 0 Å². The molecule has 27 heavy (non-hydrogen) atoms. The van der Waals surface area contributed by atoms with Gasteiger partial charge in [-0.15, -0.1) is 0 Å². The molecule has 7 heteroatoms. The highest BCUT2D eigenvalue weighted by Gasteiger charge is 2.15. The second kappa shape index (κ2) is 10.1. The molecule has 1 unspecified atom stereocenters. The Morgan fingerprint density at radius 1 is 0.963 bits per heavy atom. The van der Waals surface area contributed by atoms with Gasteiger partial charge in [-0.2, -0.15) is 0 Å². The molecule has 0 aliphatic carbocycles. The fourth-order valence-electron chi connectivity index (χ4n) is 2.19. The van der Waals surface area contributed by atoms with Crippen LogP contribution >= 0.6 is 0 Å². The molecule has 0 heterocycles. The number of methoxy groups -OCH3 is 1. The van der Waals surface area contributed by atoms with Gasteiger partial charge in [0.15, 0.2) is 12.7 Å². The van der Waals surface area contributed by atoms with Crippen LogP contribution in [0.25, 0.3) is 0 Å². The molecule has 2 N–H and O–H groups in total. The monoisotopic (exact) mass is 372 g/mol. The quantitative estimate of drug-likeness (QED) is 0.707. The van der Waals surface area contributed by atoms with E-state index in [0.717, 1.165) is 0 Å². The van der Waals surface area contributed by atoms with Crippen molar-refractivity contribution < 1.29 is 23.8 Å². The molecule has 0 saturated heterocycles. The van der Waals surface area contributed by atoms with Crippen LogP contribution in [0, 0.1) is 0 Å². The summed E-state index contributed by atoms with van der Waals surface area (Å²) in [6.07, 6.45) is -0.674. The highest BCUT2D eigenvalue weighted by Crippen LogP contribution is 2.19. The minimum Gasteiger partial charge on any atom is -0.497 e. The van der Waals surface area contributed by atoms with Gasteiger partial charge in [0.25, 0.3) is 11.8 Å². The molecule has 144 valence electrons. The van der Waals surface area contributed by atoms with Crippen LogP contribution in [0.3, 0.4) is 0 Å². The molecule has 7 nitrogen and oxygen atoms in total. The van der Waals surface area contributed by atoms with Gasteiger partial charge in [0.05, 0.1) is 7.11 Å². The number of ether oxygens (including phenoxy) is 3. The SMILES string of the molecule is CCNC(=O)COc1ccc(NC(=O)C(C)Oc2ccc(OC)cc2)cc1. The van der Waals surface area contributed by atoms with Crippen LogP contribution in [0.1, 0.15) is 13.8 Å². The third kappa shape index (κ3) is 6.54. The molecule has 0 fully saturated rings. The van der Waals surface area contributed by atoms with Crippen molar-refractivity contribution in [3.63, 3.8) is 0 Å². The fourth-order valence-corrected chi connectivity index (χ4v) is 2.19. The van der Waals surface area contributed by atoms with E-state index in [2.05, 4.69) is 10.6 Å². The molecule has 0 saturated carbocycles. The van der Waals surface area contributed by atoms with Crippen molar-refractivity contribution in [3.05, 3.63) is 48.5 Å². The summed E-state index contributed by atoms with van der Waals surface area (Å²) in [6, 6.07) is 13.8. The zero-order chi connectivity index (χ0) is 19.6. The van der Waals surface area contributed by atoms with Gasteiger partial charge in [-0.3, -0.25) is 9.59 Å². The minimum absolute atomic E-state index is 0.0493. The number of likely N-dealkylation sites (N-methyl/N-ethyl adjacent to an activating group) is 1. The summed E-state index contributed by atoms with van der Waals surface area (Å²) in [5, 5.41) is 5.42. The van der Waals surface area contributed by atoms with E-state index < -0.39 is 6.10 Å². The smallest absolute Gasteiger partial charge is 0.265 e. The molecule has 2 amide bonds. The second-order valence-electron chi connectivity index (χ2n) is 5.69. The topological polar surface area (TPSA) is 85.9 Å². The Morgan fingerprint density at radius 3 is 2.15 bits per heavy atom. The first-order valence-corrected chi connectivity index (χ1v) is 8.63. The number of hydrogen-bond donors (Lipinski definition) is 2. The lowest BCUT2D eigenvalue weighted by Gasteiger charge is -2.15. The maximum absolute atomic E-state index is 12.3. The number of amides is 2. The number of rotatable bonds is 9. The third-order valence-electron chi connectivity index (χ3n) is 3.61. The van der Waals surface area contributed by atoms with Gasteiger partial charge >= 0.3 is 0 Å². The van der Waals surface area contributed by atoms with Crippen molar-refractivity contribution in [2.24, 2.45) is 0 Å². The summed E-state index contributed by atoms with van der Waals surface area (Å²) in [4.78, 5) is 23.6. The van der Waals surface area contributed by atoms with Crippen molar-refractivity contribution in [2.45, 2.75) is 20.0 Å². The molecule has 0 aliphatic heterocycles. The van der Waals surface area contributed by atoms with E-state index in [1.54, 1.807) is 62.6 Å². The maximum atomic E-state index is 12.3. The van der Waals surface area contributed by atoms with Crippen LogP contribution in [-0.2, 0) is 9.59 Å². The van der Waals surface area contributed by atoms with Crippen molar-refractivity contribution in [1.29, 1.82) is 0 Å². The van der Waals surface area contributed by atoms with E-state index in [9.17, 15) is 9.59 Å². The minimum atomic E-state index is -0.674. The Balaban J connectivity index is 1.84. The number of nitrogens with one attached hydrogen (secondary N) is 2. The average Bonchev–Trinajstić information content (AvgIpc) is 2.68. The number of anilines is 1. The number of carbonyl (C=O) groups is 2. The van der Waals surface area contributed by atoms with Gasteiger partial charge in [0.2, 0.25) is 0 Å². The summed E-state index contributed by atoms with van der Waals surface area (Å²) < 4.78 is 16.1. The van der Waals surface area contributed by atoms with Crippen molar-refractivity contribution in [1.82, 2.24) is 5.32 Å². The summed E-state index contributed by atoms with van der Waals surface area (Å²) in [5.41, 5.74) is 0.607. The summed E-state index contributed by atoms with van der Waals surface area (Å²) >= 11 is 0. The first-order chi connectivity index (χ1) is 13.0. The number of carbonyl (C=O) groups excluding carboxylic acids is 2. The predicted molar refractivity (Wildman–Crippen MR) is 102 cm³/mol. The van der Waals surface area contributed by atoms with E-state index in [0.29, 0.717) is 29.5 Å². The van der Waals surface area contributed by atoms with Crippen LogP contribution < -0.4 is 24.8 Å². The standard InChI is InChI=1S/C20H24N2O5/c1-4-21-19(23)13-26-17-7-5-15(6-8-17)22-20(24)14(2)27-18-11-9-16(25-3)10-12-18/h5-12,14H,4,13H2,1-3H3,(H,21,23)(H,22,24). The van der Waals surface area contributed by atoms with E-state index >= 15 is 0 Å². The van der Waals surface area contributed by atoms with Crippen LogP contribution in [-0.4, -0.2) is 38.2 Å². The van der Waals surface area contributed by atoms with E-state index in [-0.39, 0.29) is 18.4 Å². The van der Waals surface area contributed by atoms with E-state index in [1.165, 1.54) is 0 Å². The summed E-state index contributed by atoms with van der Waals surface area (Å²) in [6.45, 7) is 4.02. The molecular weight excluding hydrogens is 348 g/mol. The fraction of sp³-hybridized carbons (Fsp3) is 0.300. The van der Waals surface area contributed by atoms with E-state index in [4.69, 9.17) is 14.2 Å². The van der Waals surface area contributed by atoms with Gasteiger partial charge in [-0.25, -0.2) is 0 Å². The Morgan fingerprint density at radius 2 is 1.56 bits per heavy atom. The molecule has 0 aliphatic rings. The van der Waals surface area contributed by atoms with Crippen molar-refractivity contribution >= 4 is 17.5 Å². The third-order valence-corrected chi connectivity index (χ3v) is 3.61. The first kappa shape index (κ1) is 20.1. The van der Waals surface area contributed by atoms with Gasteiger partial charge < -0.3 is 24.8 Å². The zero-order valence-corrected chi connectivity index (χ0v) is 15.7. The number of hydrogen-bond acceptors (Lipinski definition) is 5. The molecule has 0 bridgehead atoms. The zero-order valence-electron chi connectivity index (χ0n) is 15.7. The van der Waals surface area contributed by atoms with Crippen LogP contribution in [0.4, 0.5) is 5.69 Å². The second-order valence-corrected chi connectivity index (χ2v) is 5.69.